The van der Waals surface area contributed by atoms with Crippen LogP contribution in [0.25, 0.3) is 17.1 Å². The summed E-state index contributed by atoms with van der Waals surface area (Å²) in [5.41, 5.74) is 6.56. The summed E-state index contributed by atoms with van der Waals surface area (Å²) in [5.74, 6) is 0.292. The molecule has 0 unspecified atom stereocenters. The van der Waals surface area contributed by atoms with Crippen molar-refractivity contribution in [3.05, 3.63) is 93.8 Å². The van der Waals surface area contributed by atoms with Crippen molar-refractivity contribution in [1.29, 1.82) is 0 Å². The van der Waals surface area contributed by atoms with Gasteiger partial charge in [-0.15, -0.1) is 5.10 Å². The second-order valence-electron chi connectivity index (χ2n) is 7.74. The molecule has 0 aliphatic rings. The Bertz CT molecular complexity index is 1290. The van der Waals surface area contributed by atoms with Crippen LogP contribution in [0.4, 0.5) is 5.69 Å². The first-order valence-corrected chi connectivity index (χ1v) is 10.4. The Morgan fingerprint density at radius 3 is 2.35 bits per heavy atom. The molecule has 0 saturated heterocycles. The third kappa shape index (κ3) is 4.37. The van der Waals surface area contributed by atoms with Crippen molar-refractivity contribution in [2.24, 2.45) is 0 Å². The topological polar surface area (TPSA) is 59.8 Å². The largest absolute Gasteiger partial charge is 0.319 e. The van der Waals surface area contributed by atoms with Crippen molar-refractivity contribution in [1.82, 2.24) is 14.8 Å². The Morgan fingerprint density at radius 1 is 0.903 bits per heavy atom. The van der Waals surface area contributed by atoms with Gasteiger partial charge in [-0.2, -0.15) is 0 Å². The van der Waals surface area contributed by atoms with E-state index in [4.69, 9.17) is 11.6 Å². The van der Waals surface area contributed by atoms with Gasteiger partial charge in [-0.3, -0.25) is 4.79 Å². The number of nitrogens with zero attached hydrogens (tertiary/aromatic N) is 3. The first-order chi connectivity index (χ1) is 14.8. The van der Waals surface area contributed by atoms with Gasteiger partial charge < -0.3 is 5.32 Å². The number of aryl methyl sites for hydroxylation is 4. The highest BCUT2D eigenvalue weighted by atomic mass is 35.5. The number of hydrogen-bond donors (Lipinski definition) is 1. The summed E-state index contributed by atoms with van der Waals surface area (Å²) in [6.45, 7) is 7.97. The lowest BCUT2D eigenvalue weighted by atomic mass is 10.1. The molecule has 0 bridgehead atoms. The lowest BCUT2D eigenvalue weighted by molar-refractivity contribution is 0.101. The smallest absolute Gasteiger partial charge is 0.295 e. The molecule has 6 heteroatoms. The maximum absolute atomic E-state index is 13.0. The number of carbonyl (C=O) groups is 1. The van der Waals surface area contributed by atoms with Crippen LogP contribution < -0.4 is 5.32 Å². The molecule has 1 N–H and O–H groups in total. The van der Waals surface area contributed by atoms with Crippen LogP contribution in [0.1, 0.15) is 32.9 Å². The molecule has 0 aliphatic carbocycles. The number of anilines is 1. The summed E-state index contributed by atoms with van der Waals surface area (Å²) in [4.78, 5) is 17.6. The van der Waals surface area contributed by atoms with Gasteiger partial charge in [-0.05, 0) is 74.2 Å². The van der Waals surface area contributed by atoms with Gasteiger partial charge in [0, 0.05) is 16.3 Å². The summed E-state index contributed by atoms with van der Waals surface area (Å²) in [7, 11) is 0. The van der Waals surface area contributed by atoms with Gasteiger partial charge in [-0.1, -0.05) is 48.0 Å². The van der Waals surface area contributed by atoms with Crippen LogP contribution in [0.5, 0.6) is 0 Å². The maximum atomic E-state index is 13.0. The van der Waals surface area contributed by atoms with Crippen molar-refractivity contribution >= 4 is 23.2 Å². The van der Waals surface area contributed by atoms with Gasteiger partial charge in [0.25, 0.3) is 5.91 Å². The molecule has 0 fully saturated rings. The average Bonchev–Trinajstić information content (AvgIpc) is 3.18. The van der Waals surface area contributed by atoms with E-state index in [0.717, 1.165) is 39.2 Å². The average molecular weight is 431 g/mol. The third-order valence-electron chi connectivity index (χ3n) is 5.13. The number of amides is 1. The molecular weight excluding hydrogens is 408 g/mol. The van der Waals surface area contributed by atoms with Crippen molar-refractivity contribution in [3.63, 3.8) is 0 Å². The Morgan fingerprint density at radius 2 is 1.61 bits per heavy atom. The minimum Gasteiger partial charge on any atom is -0.319 e. The zero-order chi connectivity index (χ0) is 22.1. The quantitative estimate of drug-likeness (QED) is 0.427. The number of aromatic nitrogens is 3. The van der Waals surface area contributed by atoms with Gasteiger partial charge in [0.1, 0.15) is 0 Å². The normalized spacial score (nSPS) is 10.9. The SMILES string of the molecule is Cc1ccc(C)c(NC(=O)c2nc(-c3cccc(Cl)c3)n(-c3cc(C)ccc3C)n2)c1. The van der Waals surface area contributed by atoms with Crippen molar-refractivity contribution < 1.29 is 4.79 Å². The Kier molecular flexibility index (Phi) is 5.61. The predicted molar refractivity (Wildman–Crippen MR) is 125 cm³/mol. The molecular formula is C25H23ClN4O. The second kappa shape index (κ2) is 8.36. The Labute approximate surface area is 186 Å². The fourth-order valence-corrected chi connectivity index (χ4v) is 3.58. The standard InChI is InChI=1S/C25H23ClN4O/c1-15-8-10-17(3)21(12-15)27-25(31)23-28-24(19-6-5-7-20(26)14-19)30(29-23)22-13-16(2)9-11-18(22)4/h5-14H,1-4H3,(H,27,31). The van der Waals surface area contributed by atoms with Crippen LogP contribution in [0, 0.1) is 27.7 Å². The minimum atomic E-state index is -0.360. The lowest BCUT2D eigenvalue weighted by Crippen LogP contribution is -2.15. The molecule has 1 amide bonds. The van der Waals surface area contributed by atoms with Crippen molar-refractivity contribution in [2.45, 2.75) is 27.7 Å². The third-order valence-corrected chi connectivity index (χ3v) is 5.36. The molecule has 0 atom stereocenters. The number of rotatable bonds is 4. The molecule has 0 radical (unpaired) electrons. The number of carbonyl (C=O) groups excluding carboxylic acids is 1. The summed E-state index contributed by atoms with van der Waals surface area (Å²) < 4.78 is 1.71. The zero-order valence-corrected chi connectivity index (χ0v) is 18.7. The van der Waals surface area contributed by atoms with E-state index in [9.17, 15) is 4.79 Å². The highest BCUT2D eigenvalue weighted by molar-refractivity contribution is 6.30. The first kappa shape index (κ1) is 20.8. The van der Waals surface area contributed by atoms with Crippen LogP contribution >= 0.6 is 11.6 Å². The van der Waals surface area contributed by atoms with E-state index in [-0.39, 0.29) is 11.7 Å². The van der Waals surface area contributed by atoms with E-state index in [2.05, 4.69) is 15.4 Å². The maximum Gasteiger partial charge on any atom is 0.295 e. The molecule has 1 aromatic heterocycles. The molecule has 4 rings (SSSR count). The van der Waals surface area contributed by atoms with Crippen molar-refractivity contribution in [2.75, 3.05) is 5.32 Å². The molecule has 31 heavy (non-hydrogen) atoms. The predicted octanol–water partition coefficient (Wildman–Crippen LogP) is 6.07. The summed E-state index contributed by atoms with van der Waals surface area (Å²) in [6.07, 6.45) is 0. The van der Waals surface area contributed by atoms with E-state index in [1.54, 1.807) is 10.7 Å². The summed E-state index contributed by atoms with van der Waals surface area (Å²) in [5, 5.41) is 8.12. The number of benzene rings is 3. The monoisotopic (exact) mass is 430 g/mol. The van der Waals surface area contributed by atoms with E-state index < -0.39 is 0 Å². The number of hydrogen-bond acceptors (Lipinski definition) is 3. The highest BCUT2D eigenvalue weighted by Gasteiger charge is 2.20. The van der Waals surface area contributed by atoms with E-state index in [1.807, 2.05) is 82.3 Å². The van der Waals surface area contributed by atoms with E-state index in [1.165, 1.54) is 0 Å². The van der Waals surface area contributed by atoms with Crippen LogP contribution in [-0.2, 0) is 0 Å². The number of halogens is 1. The van der Waals surface area contributed by atoms with Crippen LogP contribution in [-0.4, -0.2) is 20.7 Å². The molecule has 5 nitrogen and oxygen atoms in total. The molecule has 0 aliphatic heterocycles. The van der Waals surface area contributed by atoms with Crippen molar-refractivity contribution in [3.8, 4) is 17.1 Å². The highest BCUT2D eigenvalue weighted by Crippen LogP contribution is 2.26. The van der Waals surface area contributed by atoms with E-state index in [0.29, 0.717) is 10.8 Å². The summed E-state index contributed by atoms with van der Waals surface area (Å²) >= 11 is 6.22. The fraction of sp³-hybridized carbons (Fsp3) is 0.160. The van der Waals surface area contributed by atoms with Gasteiger partial charge in [0.15, 0.2) is 5.82 Å². The van der Waals surface area contributed by atoms with Gasteiger partial charge in [-0.25, -0.2) is 9.67 Å². The first-order valence-electron chi connectivity index (χ1n) is 10.0. The molecule has 156 valence electrons. The summed E-state index contributed by atoms with van der Waals surface area (Å²) in [6, 6.07) is 19.4. The zero-order valence-electron chi connectivity index (χ0n) is 17.9. The van der Waals surface area contributed by atoms with Crippen LogP contribution in [0.15, 0.2) is 60.7 Å². The van der Waals surface area contributed by atoms with E-state index >= 15 is 0 Å². The Hall–Kier alpha value is -3.44. The Balaban J connectivity index is 1.82. The molecule has 3 aromatic carbocycles. The van der Waals surface area contributed by atoms with Gasteiger partial charge in [0.05, 0.1) is 5.69 Å². The van der Waals surface area contributed by atoms with Gasteiger partial charge >= 0.3 is 0 Å². The number of nitrogens with one attached hydrogen (secondary N) is 1. The second-order valence-corrected chi connectivity index (χ2v) is 8.18. The molecule has 4 aromatic rings. The molecule has 0 spiro atoms. The lowest BCUT2D eigenvalue weighted by Gasteiger charge is -2.10. The molecule has 1 heterocycles. The minimum absolute atomic E-state index is 0.0942. The van der Waals surface area contributed by atoms with Crippen LogP contribution in [0.2, 0.25) is 5.02 Å². The van der Waals surface area contributed by atoms with Gasteiger partial charge in [0.2, 0.25) is 5.82 Å². The van der Waals surface area contributed by atoms with Crippen LogP contribution in [0.3, 0.4) is 0 Å². The fourth-order valence-electron chi connectivity index (χ4n) is 3.39. The molecule has 0 saturated carbocycles.